The summed E-state index contributed by atoms with van der Waals surface area (Å²) in [4.78, 5) is 12.2. The Morgan fingerprint density at radius 3 is 2.64 bits per heavy atom. The lowest BCUT2D eigenvalue weighted by molar-refractivity contribution is 0.0949. The molecule has 1 saturated heterocycles. The molecule has 1 aliphatic rings. The molecular weight excluding hydrogens is 304 g/mol. The Labute approximate surface area is 131 Å². The van der Waals surface area contributed by atoms with E-state index in [1.807, 2.05) is 6.92 Å². The van der Waals surface area contributed by atoms with Crippen LogP contribution in [0.5, 0.6) is 0 Å². The molecule has 124 valence electrons. The third-order valence-electron chi connectivity index (χ3n) is 3.75. The Hall–Kier alpha value is -1.41. The van der Waals surface area contributed by atoms with E-state index in [1.165, 1.54) is 15.2 Å². The summed E-state index contributed by atoms with van der Waals surface area (Å²) in [6.07, 6.45) is 6.04. The van der Waals surface area contributed by atoms with Crippen molar-refractivity contribution in [2.45, 2.75) is 44.1 Å². The minimum Gasteiger partial charge on any atom is -0.352 e. The molecule has 2 rings (SSSR count). The van der Waals surface area contributed by atoms with Crippen LogP contribution in [0.1, 0.15) is 49.4 Å². The molecule has 1 aromatic rings. The summed E-state index contributed by atoms with van der Waals surface area (Å²) in [6.45, 7) is 3.56. The zero-order valence-corrected chi connectivity index (χ0v) is 14.0. The van der Waals surface area contributed by atoms with Crippen LogP contribution < -0.4 is 5.32 Å². The third-order valence-corrected chi connectivity index (χ3v) is 5.59. The monoisotopic (exact) mass is 328 g/mol. The number of nitrogens with one attached hydrogen (secondary N) is 1. The van der Waals surface area contributed by atoms with Crippen molar-refractivity contribution in [3.8, 4) is 0 Å². The molecule has 0 atom stereocenters. The van der Waals surface area contributed by atoms with E-state index >= 15 is 0 Å². The first-order valence-corrected chi connectivity index (χ1v) is 9.23. The van der Waals surface area contributed by atoms with E-state index in [-0.39, 0.29) is 16.5 Å². The van der Waals surface area contributed by atoms with Crippen molar-refractivity contribution < 1.29 is 13.2 Å². The number of hydrogen-bond donors (Lipinski definition) is 1. The Balaban J connectivity index is 2.25. The number of unbranched alkanes of at least 4 members (excludes halogenated alkanes) is 1. The molecule has 0 aromatic carbocycles. The lowest BCUT2D eigenvalue weighted by atomic mass is 10.2. The van der Waals surface area contributed by atoms with Crippen LogP contribution in [0.3, 0.4) is 0 Å². The second kappa shape index (κ2) is 7.23. The summed E-state index contributed by atoms with van der Waals surface area (Å²) in [6, 6.07) is 0. The van der Waals surface area contributed by atoms with Gasteiger partial charge in [0.2, 0.25) is 5.03 Å². The summed E-state index contributed by atoms with van der Waals surface area (Å²) < 4.78 is 28.3. The summed E-state index contributed by atoms with van der Waals surface area (Å²) >= 11 is 0. The van der Waals surface area contributed by atoms with Crippen LogP contribution in [0.4, 0.5) is 0 Å². The zero-order chi connectivity index (χ0) is 16.2. The quantitative estimate of drug-likeness (QED) is 0.793. The highest BCUT2D eigenvalue weighted by Gasteiger charge is 2.32. The standard InChI is InChI=1S/C14H24N4O3S/c1-3-4-8-15-13(19)12-11-17(2)16-14(12)22(20,21)18-9-6-5-7-10-18/h11H,3-10H2,1-2H3,(H,15,19). The first kappa shape index (κ1) is 17.0. The first-order valence-electron chi connectivity index (χ1n) is 7.78. The van der Waals surface area contributed by atoms with Crippen molar-refractivity contribution in [2.75, 3.05) is 19.6 Å². The van der Waals surface area contributed by atoms with Gasteiger partial charge in [-0.25, -0.2) is 8.42 Å². The summed E-state index contributed by atoms with van der Waals surface area (Å²) in [7, 11) is -2.08. The number of aryl methyl sites for hydroxylation is 1. The van der Waals surface area contributed by atoms with E-state index in [1.54, 1.807) is 7.05 Å². The number of rotatable bonds is 6. The second-order valence-electron chi connectivity index (χ2n) is 5.60. The van der Waals surface area contributed by atoms with Gasteiger partial charge in [0, 0.05) is 32.9 Å². The van der Waals surface area contributed by atoms with Crippen molar-refractivity contribution in [2.24, 2.45) is 7.05 Å². The lowest BCUT2D eigenvalue weighted by Gasteiger charge is -2.25. The second-order valence-corrected chi connectivity index (χ2v) is 7.45. The maximum atomic E-state index is 12.7. The van der Waals surface area contributed by atoms with Crippen LogP contribution in [0, 0.1) is 0 Å². The predicted octanol–water partition coefficient (Wildman–Crippen LogP) is 1.12. The number of carbonyl (C=O) groups is 1. The molecule has 8 heteroatoms. The van der Waals surface area contributed by atoms with Crippen LogP contribution in [-0.2, 0) is 17.1 Å². The van der Waals surface area contributed by atoms with E-state index in [9.17, 15) is 13.2 Å². The maximum Gasteiger partial charge on any atom is 0.263 e. The van der Waals surface area contributed by atoms with Crippen molar-refractivity contribution in [1.29, 1.82) is 0 Å². The van der Waals surface area contributed by atoms with Crippen LogP contribution in [0.15, 0.2) is 11.2 Å². The maximum absolute atomic E-state index is 12.7. The van der Waals surface area contributed by atoms with E-state index in [4.69, 9.17) is 0 Å². The molecule has 2 heterocycles. The fourth-order valence-electron chi connectivity index (χ4n) is 2.52. The van der Waals surface area contributed by atoms with Gasteiger partial charge in [-0.05, 0) is 19.3 Å². The zero-order valence-electron chi connectivity index (χ0n) is 13.2. The molecule has 1 amide bonds. The Bertz CT molecular complexity index is 618. The summed E-state index contributed by atoms with van der Waals surface area (Å²) in [5, 5.41) is 6.65. The van der Waals surface area contributed by atoms with E-state index in [2.05, 4.69) is 10.4 Å². The molecule has 1 fully saturated rings. The van der Waals surface area contributed by atoms with Crippen LogP contribution >= 0.6 is 0 Å². The Morgan fingerprint density at radius 2 is 2.00 bits per heavy atom. The van der Waals surface area contributed by atoms with Crippen molar-refractivity contribution in [1.82, 2.24) is 19.4 Å². The highest BCUT2D eigenvalue weighted by atomic mass is 32.2. The van der Waals surface area contributed by atoms with Gasteiger partial charge in [-0.1, -0.05) is 19.8 Å². The summed E-state index contributed by atoms with van der Waals surface area (Å²) in [5.74, 6) is -0.378. The smallest absolute Gasteiger partial charge is 0.263 e. The molecule has 0 unspecified atom stereocenters. The fourth-order valence-corrected chi connectivity index (χ4v) is 4.15. The first-order chi connectivity index (χ1) is 10.5. The molecule has 0 aliphatic carbocycles. The number of piperidine rings is 1. The van der Waals surface area contributed by atoms with E-state index < -0.39 is 10.0 Å². The molecule has 0 spiro atoms. The highest BCUT2D eigenvalue weighted by Crippen LogP contribution is 2.22. The third kappa shape index (κ3) is 3.67. The van der Waals surface area contributed by atoms with Crippen LogP contribution in [-0.4, -0.2) is 48.0 Å². The molecule has 1 N–H and O–H groups in total. The molecule has 0 bridgehead atoms. The number of sulfonamides is 1. The van der Waals surface area contributed by atoms with Crippen molar-refractivity contribution in [3.63, 3.8) is 0 Å². The van der Waals surface area contributed by atoms with Crippen molar-refractivity contribution >= 4 is 15.9 Å². The molecule has 0 saturated carbocycles. The van der Waals surface area contributed by atoms with Gasteiger partial charge in [-0.3, -0.25) is 9.48 Å². The van der Waals surface area contributed by atoms with Gasteiger partial charge >= 0.3 is 0 Å². The normalized spacial score (nSPS) is 16.6. The largest absolute Gasteiger partial charge is 0.352 e. The number of nitrogens with zero attached hydrogens (tertiary/aromatic N) is 3. The van der Waals surface area contributed by atoms with E-state index in [0.29, 0.717) is 19.6 Å². The Morgan fingerprint density at radius 1 is 1.32 bits per heavy atom. The molecule has 1 aliphatic heterocycles. The molecule has 0 radical (unpaired) electrons. The predicted molar refractivity (Wildman–Crippen MR) is 83.1 cm³/mol. The molecule has 7 nitrogen and oxygen atoms in total. The van der Waals surface area contributed by atoms with E-state index in [0.717, 1.165) is 32.1 Å². The number of carbonyl (C=O) groups excluding carboxylic acids is 1. The molecule has 22 heavy (non-hydrogen) atoms. The Kier molecular flexibility index (Phi) is 5.57. The van der Waals surface area contributed by atoms with Gasteiger partial charge in [0.05, 0.1) is 5.56 Å². The van der Waals surface area contributed by atoms with Crippen LogP contribution in [0.25, 0.3) is 0 Å². The molecule has 1 aromatic heterocycles. The number of aromatic nitrogens is 2. The van der Waals surface area contributed by atoms with Gasteiger partial charge in [0.1, 0.15) is 0 Å². The van der Waals surface area contributed by atoms with Gasteiger partial charge in [0.15, 0.2) is 0 Å². The van der Waals surface area contributed by atoms with Gasteiger partial charge < -0.3 is 5.32 Å². The van der Waals surface area contributed by atoms with Gasteiger partial charge in [0.25, 0.3) is 15.9 Å². The average molecular weight is 328 g/mol. The summed E-state index contributed by atoms with van der Waals surface area (Å²) in [5.41, 5.74) is 0.129. The van der Waals surface area contributed by atoms with Crippen molar-refractivity contribution in [3.05, 3.63) is 11.8 Å². The SMILES string of the molecule is CCCCNC(=O)c1cn(C)nc1S(=O)(=O)N1CCCCC1. The van der Waals surface area contributed by atoms with Crippen LogP contribution in [0.2, 0.25) is 0 Å². The fraction of sp³-hybridized carbons (Fsp3) is 0.714. The topological polar surface area (TPSA) is 84.3 Å². The lowest BCUT2D eigenvalue weighted by Crippen LogP contribution is -2.37. The number of amides is 1. The average Bonchev–Trinajstić information content (AvgIpc) is 2.91. The highest BCUT2D eigenvalue weighted by molar-refractivity contribution is 7.89. The minimum atomic E-state index is -3.71. The number of hydrogen-bond acceptors (Lipinski definition) is 4. The van der Waals surface area contributed by atoms with Gasteiger partial charge in [-0.2, -0.15) is 9.40 Å². The van der Waals surface area contributed by atoms with Gasteiger partial charge in [-0.15, -0.1) is 0 Å². The molecular formula is C14H24N4O3S. The minimum absolute atomic E-state index is 0.129.